The number of ketones is 1. The van der Waals surface area contributed by atoms with E-state index in [1.807, 2.05) is 48.2 Å². The lowest BCUT2D eigenvalue weighted by molar-refractivity contribution is 0.104. The molecule has 0 fully saturated rings. The molecule has 0 atom stereocenters. The van der Waals surface area contributed by atoms with Gasteiger partial charge in [-0.15, -0.1) is 0 Å². The van der Waals surface area contributed by atoms with E-state index in [0.29, 0.717) is 0 Å². The van der Waals surface area contributed by atoms with Crippen molar-refractivity contribution in [3.63, 3.8) is 0 Å². The summed E-state index contributed by atoms with van der Waals surface area (Å²) < 4.78 is 1.99. The molecular weight excluding hydrogens is 222 g/mol. The Hall–Kier alpha value is -1.83. The van der Waals surface area contributed by atoms with Gasteiger partial charge < -0.3 is 4.57 Å². The molecule has 18 heavy (non-hydrogen) atoms. The molecule has 2 rings (SSSR count). The lowest BCUT2D eigenvalue weighted by Crippen LogP contribution is -2.01. The molecular formula is C16H19NO. The van der Waals surface area contributed by atoms with Gasteiger partial charge in [-0.05, 0) is 17.6 Å². The van der Waals surface area contributed by atoms with E-state index in [1.54, 1.807) is 6.08 Å². The summed E-state index contributed by atoms with van der Waals surface area (Å²) in [6.07, 6.45) is 5.54. The van der Waals surface area contributed by atoms with Crippen LogP contribution in [0.5, 0.6) is 0 Å². The van der Waals surface area contributed by atoms with Crippen LogP contribution in [0.4, 0.5) is 0 Å². The van der Waals surface area contributed by atoms with Crippen molar-refractivity contribution in [2.45, 2.75) is 20.8 Å². The summed E-state index contributed by atoms with van der Waals surface area (Å²) in [6, 6.07) is 7.97. The summed E-state index contributed by atoms with van der Waals surface area (Å²) in [5, 5.41) is 1.02. The monoisotopic (exact) mass is 241 g/mol. The maximum atomic E-state index is 12.2. The van der Waals surface area contributed by atoms with Crippen molar-refractivity contribution in [3.8, 4) is 0 Å². The summed E-state index contributed by atoms with van der Waals surface area (Å²) in [6.45, 7) is 6.25. The SMILES string of the molecule is Cn1cc(C(=O)/C=C/C(C)(C)C)c2ccccc21. The van der Waals surface area contributed by atoms with E-state index in [0.717, 1.165) is 16.5 Å². The van der Waals surface area contributed by atoms with Gasteiger partial charge in [0, 0.05) is 29.7 Å². The number of fused-ring (bicyclic) bond motifs is 1. The van der Waals surface area contributed by atoms with Crippen LogP contribution < -0.4 is 0 Å². The van der Waals surface area contributed by atoms with E-state index in [-0.39, 0.29) is 11.2 Å². The summed E-state index contributed by atoms with van der Waals surface area (Å²) in [5.41, 5.74) is 1.89. The van der Waals surface area contributed by atoms with Crippen molar-refractivity contribution >= 4 is 16.7 Å². The molecule has 0 aliphatic rings. The molecule has 0 aliphatic carbocycles. The minimum atomic E-state index is 0.0280. The van der Waals surface area contributed by atoms with E-state index in [4.69, 9.17) is 0 Å². The number of hydrogen-bond donors (Lipinski definition) is 0. The second-order valence-electron chi connectivity index (χ2n) is 5.73. The average Bonchev–Trinajstić information content (AvgIpc) is 2.64. The molecule has 0 spiro atoms. The van der Waals surface area contributed by atoms with Gasteiger partial charge in [-0.2, -0.15) is 0 Å². The molecule has 2 nitrogen and oxygen atoms in total. The van der Waals surface area contributed by atoms with E-state index in [1.165, 1.54) is 0 Å². The fraction of sp³-hybridized carbons (Fsp3) is 0.312. The zero-order valence-corrected chi connectivity index (χ0v) is 11.4. The molecule has 94 valence electrons. The van der Waals surface area contributed by atoms with Crippen LogP contribution in [-0.2, 0) is 7.05 Å². The van der Waals surface area contributed by atoms with Gasteiger partial charge in [0.25, 0.3) is 0 Å². The third kappa shape index (κ3) is 2.53. The minimum absolute atomic E-state index is 0.0280. The molecule has 2 aromatic rings. The molecule has 0 saturated carbocycles. The first kappa shape index (κ1) is 12.6. The highest BCUT2D eigenvalue weighted by atomic mass is 16.1. The third-order valence-corrected chi connectivity index (χ3v) is 2.90. The fourth-order valence-electron chi connectivity index (χ4n) is 1.95. The number of hydrogen-bond acceptors (Lipinski definition) is 1. The Bertz CT molecular complexity index is 612. The van der Waals surface area contributed by atoms with Gasteiger partial charge in [0.05, 0.1) is 0 Å². The smallest absolute Gasteiger partial charge is 0.187 e. The second kappa shape index (κ2) is 4.45. The number of carbonyl (C=O) groups is 1. The Morgan fingerprint density at radius 2 is 1.89 bits per heavy atom. The van der Waals surface area contributed by atoms with Crippen LogP contribution in [0.1, 0.15) is 31.1 Å². The number of nitrogens with zero attached hydrogens (tertiary/aromatic N) is 1. The largest absolute Gasteiger partial charge is 0.350 e. The Kier molecular flexibility index (Phi) is 3.12. The van der Waals surface area contributed by atoms with Crippen molar-refractivity contribution in [2.24, 2.45) is 12.5 Å². The molecule has 0 bridgehead atoms. The standard InChI is InChI=1S/C16H19NO/c1-16(2,3)10-9-15(18)13-11-17(4)14-8-6-5-7-12(13)14/h5-11H,1-4H3/b10-9+. The summed E-state index contributed by atoms with van der Waals surface area (Å²) in [7, 11) is 1.96. The van der Waals surface area contributed by atoms with Crippen molar-refractivity contribution in [1.29, 1.82) is 0 Å². The van der Waals surface area contributed by atoms with Crippen molar-refractivity contribution in [1.82, 2.24) is 4.57 Å². The van der Waals surface area contributed by atoms with Gasteiger partial charge in [0.2, 0.25) is 0 Å². The molecule has 1 aromatic heterocycles. The number of benzene rings is 1. The van der Waals surface area contributed by atoms with Crippen molar-refractivity contribution < 1.29 is 4.79 Å². The maximum absolute atomic E-state index is 12.2. The first-order valence-corrected chi connectivity index (χ1v) is 6.16. The number of carbonyl (C=O) groups excluding carboxylic acids is 1. The number of aromatic nitrogens is 1. The van der Waals surface area contributed by atoms with E-state index >= 15 is 0 Å². The Labute approximate surface area is 108 Å². The lowest BCUT2D eigenvalue weighted by Gasteiger charge is -2.10. The van der Waals surface area contributed by atoms with Crippen LogP contribution in [0, 0.1) is 5.41 Å². The normalized spacial score (nSPS) is 12.4. The van der Waals surface area contributed by atoms with Crippen LogP contribution in [0.2, 0.25) is 0 Å². The topological polar surface area (TPSA) is 22.0 Å². The maximum Gasteiger partial charge on any atom is 0.187 e. The van der Waals surface area contributed by atoms with Gasteiger partial charge in [-0.3, -0.25) is 4.79 Å². The van der Waals surface area contributed by atoms with Crippen molar-refractivity contribution in [3.05, 3.63) is 48.2 Å². The molecule has 0 aliphatic heterocycles. The average molecular weight is 241 g/mol. The predicted molar refractivity (Wildman–Crippen MR) is 75.8 cm³/mol. The minimum Gasteiger partial charge on any atom is -0.350 e. The Morgan fingerprint density at radius 1 is 1.22 bits per heavy atom. The molecule has 0 N–H and O–H groups in total. The van der Waals surface area contributed by atoms with Gasteiger partial charge in [0.15, 0.2) is 5.78 Å². The summed E-state index contributed by atoms with van der Waals surface area (Å²) >= 11 is 0. The van der Waals surface area contributed by atoms with Crippen molar-refractivity contribution in [2.75, 3.05) is 0 Å². The molecule has 1 aromatic carbocycles. The van der Waals surface area contributed by atoms with Crippen LogP contribution in [0.15, 0.2) is 42.6 Å². The van der Waals surface area contributed by atoms with E-state index < -0.39 is 0 Å². The summed E-state index contributed by atoms with van der Waals surface area (Å²) in [4.78, 5) is 12.2. The van der Waals surface area contributed by atoms with Crippen LogP contribution in [0.3, 0.4) is 0 Å². The first-order chi connectivity index (χ1) is 8.38. The number of rotatable bonds is 2. The zero-order chi connectivity index (χ0) is 13.3. The van der Waals surface area contributed by atoms with Gasteiger partial charge in [0.1, 0.15) is 0 Å². The molecule has 2 heteroatoms. The Balaban J connectivity index is 2.43. The highest BCUT2D eigenvalue weighted by molar-refractivity contribution is 6.13. The van der Waals surface area contributed by atoms with Crippen LogP contribution in [0.25, 0.3) is 10.9 Å². The molecule has 1 heterocycles. The number of aryl methyl sites for hydroxylation is 1. The highest BCUT2D eigenvalue weighted by Crippen LogP contribution is 2.22. The molecule has 0 saturated heterocycles. The predicted octanol–water partition coefficient (Wildman–Crippen LogP) is 3.96. The van der Waals surface area contributed by atoms with E-state index in [2.05, 4.69) is 20.8 Å². The molecule has 0 amide bonds. The molecule has 0 unspecified atom stereocenters. The zero-order valence-electron chi connectivity index (χ0n) is 11.4. The first-order valence-electron chi connectivity index (χ1n) is 6.16. The van der Waals surface area contributed by atoms with E-state index in [9.17, 15) is 4.79 Å². The highest BCUT2D eigenvalue weighted by Gasteiger charge is 2.12. The van der Waals surface area contributed by atoms with Gasteiger partial charge in [-0.25, -0.2) is 0 Å². The second-order valence-corrected chi connectivity index (χ2v) is 5.73. The third-order valence-electron chi connectivity index (χ3n) is 2.90. The fourth-order valence-corrected chi connectivity index (χ4v) is 1.95. The van der Waals surface area contributed by atoms with Gasteiger partial charge >= 0.3 is 0 Å². The molecule has 0 radical (unpaired) electrons. The quantitative estimate of drug-likeness (QED) is 0.576. The Morgan fingerprint density at radius 3 is 2.56 bits per heavy atom. The van der Waals surface area contributed by atoms with Crippen LogP contribution in [-0.4, -0.2) is 10.4 Å². The number of allylic oxidation sites excluding steroid dienone is 2. The lowest BCUT2D eigenvalue weighted by atomic mass is 9.95. The number of para-hydroxylation sites is 1. The van der Waals surface area contributed by atoms with Crippen LogP contribution >= 0.6 is 0 Å². The summed E-state index contributed by atoms with van der Waals surface area (Å²) in [5.74, 6) is 0.0710. The van der Waals surface area contributed by atoms with Gasteiger partial charge in [-0.1, -0.05) is 45.0 Å².